The molecule has 0 aliphatic carbocycles. The standard InChI is InChI=1S/C37H30Cl2N6O/c1-21-11-9-12-22(2)33(21)43-32(18-17-27-25(5)42-45(37(27)46)26-15-7-6-8-16-26)44(34-23(3)13-10-14-24(34)4)36-35(43)40-30-19-28(38)29(39)20-31(30)41-36/h6-20H,1-5H3/b27-17-. The average Bonchev–Trinajstić information content (AvgIpc) is 3.48. The molecule has 0 N–H and O–H groups in total. The monoisotopic (exact) mass is 644 g/mol. The van der Waals surface area contributed by atoms with Crippen LogP contribution in [0.4, 0.5) is 28.7 Å². The van der Waals surface area contributed by atoms with Gasteiger partial charge in [0.2, 0.25) is 0 Å². The second kappa shape index (κ2) is 11.4. The lowest BCUT2D eigenvalue weighted by atomic mass is 10.1. The zero-order valence-electron chi connectivity index (χ0n) is 26.0. The first-order chi connectivity index (χ1) is 22.1. The number of amides is 1. The Morgan fingerprint density at radius 3 is 1.59 bits per heavy atom. The zero-order chi connectivity index (χ0) is 32.3. The van der Waals surface area contributed by atoms with Crippen molar-refractivity contribution in [2.45, 2.75) is 34.6 Å². The van der Waals surface area contributed by atoms with Gasteiger partial charge >= 0.3 is 0 Å². The molecule has 1 aromatic heterocycles. The van der Waals surface area contributed by atoms with E-state index in [1.807, 2.05) is 61.5 Å². The van der Waals surface area contributed by atoms with Gasteiger partial charge in [0, 0.05) is 0 Å². The van der Waals surface area contributed by atoms with Crippen molar-refractivity contribution in [2.24, 2.45) is 5.10 Å². The Morgan fingerprint density at radius 1 is 0.630 bits per heavy atom. The number of halogens is 2. The minimum atomic E-state index is -0.195. The summed E-state index contributed by atoms with van der Waals surface area (Å²) in [6.07, 6.45) is 3.81. The van der Waals surface area contributed by atoms with E-state index in [-0.39, 0.29) is 5.91 Å². The van der Waals surface area contributed by atoms with Crippen molar-refractivity contribution >= 4 is 74.6 Å². The highest BCUT2D eigenvalue weighted by atomic mass is 35.5. The molecule has 0 fully saturated rings. The Bertz CT molecular complexity index is 2030. The predicted molar refractivity (Wildman–Crippen MR) is 189 cm³/mol. The summed E-state index contributed by atoms with van der Waals surface area (Å²) in [5.41, 5.74) is 9.29. The van der Waals surface area contributed by atoms with E-state index in [9.17, 15) is 4.79 Å². The lowest BCUT2D eigenvalue weighted by molar-refractivity contribution is -0.114. The van der Waals surface area contributed by atoms with Crippen LogP contribution in [0.1, 0.15) is 29.2 Å². The van der Waals surface area contributed by atoms with Crippen LogP contribution in [0.25, 0.3) is 11.0 Å². The topological polar surface area (TPSA) is 64.9 Å². The molecule has 7 nitrogen and oxygen atoms in total. The normalized spacial score (nSPS) is 15.3. The highest BCUT2D eigenvalue weighted by Crippen LogP contribution is 2.51. The van der Waals surface area contributed by atoms with Crippen molar-refractivity contribution in [1.29, 1.82) is 0 Å². The molecular weight excluding hydrogens is 615 g/mol. The molecule has 4 aromatic carbocycles. The van der Waals surface area contributed by atoms with Gasteiger partial charge in [0.1, 0.15) is 5.82 Å². The summed E-state index contributed by atoms with van der Waals surface area (Å²) >= 11 is 12.9. The van der Waals surface area contributed by atoms with E-state index in [0.717, 1.165) is 39.4 Å². The minimum Gasteiger partial charge on any atom is -0.276 e. The molecule has 1 amide bonds. The van der Waals surface area contributed by atoms with Gasteiger partial charge in [-0.05, 0) is 93.3 Å². The third-order valence-corrected chi connectivity index (χ3v) is 9.06. The van der Waals surface area contributed by atoms with Crippen molar-refractivity contribution in [3.63, 3.8) is 0 Å². The molecule has 0 saturated carbocycles. The Hall–Kier alpha value is -4.98. The minimum absolute atomic E-state index is 0.195. The lowest BCUT2D eigenvalue weighted by Gasteiger charge is -2.28. The van der Waals surface area contributed by atoms with Crippen molar-refractivity contribution < 1.29 is 4.79 Å². The second-order valence-corrected chi connectivity index (χ2v) is 12.3. The van der Waals surface area contributed by atoms with E-state index in [0.29, 0.717) is 49.7 Å². The smallest absolute Gasteiger partial charge is 0.276 e. The molecule has 0 saturated heterocycles. The molecule has 7 rings (SSSR count). The fourth-order valence-electron chi connectivity index (χ4n) is 6.17. The van der Waals surface area contributed by atoms with Crippen LogP contribution in [-0.2, 0) is 4.79 Å². The van der Waals surface area contributed by atoms with Crippen molar-refractivity contribution in [1.82, 2.24) is 9.97 Å². The number of hydrazone groups is 1. The average molecular weight is 646 g/mol. The number of benzene rings is 4. The molecule has 0 unspecified atom stereocenters. The summed E-state index contributed by atoms with van der Waals surface area (Å²) in [5, 5.41) is 6.85. The van der Waals surface area contributed by atoms with Gasteiger partial charge in [-0.25, -0.2) is 9.97 Å². The summed E-state index contributed by atoms with van der Waals surface area (Å²) in [5.74, 6) is 1.86. The maximum atomic E-state index is 13.7. The van der Waals surface area contributed by atoms with Crippen molar-refractivity contribution in [3.8, 4) is 0 Å². The SMILES string of the molecule is CC1=NN(c2ccccc2)C(=O)/C1=C\C=C1N(c2c(C)cccc2C)c2nc3cc(Cl)c(Cl)cc3nc2N1c1c(C)cccc1C. The fraction of sp³-hybridized carbons (Fsp3) is 0.135. The number of para-hydroxylation sites is 3. The fourth-order valence-corrected chi connectivity index (χ4v) is 6.48. The maximum absolute atomic E-state index is 13.7. The Morgan fingerprint density at radius 2 is 1.11 bits per heavy atom. The van der Waals surface area contributed by atoms with Crippen LogP contribution >= 0.6 is 23.2 Å². The maximum Gasteiger partial charge on any atom is 0.280 e. The number of aryl methyl sites for hydroxylation is 4. The van der Waals surface area contributed by atoms with Gasteiger partial charge in [0.15, 0.2) is 11.6 Å². The van der Waals surface area contributed by atoms with Gasteiger partial charge in [-0.15, -0.1) is 0 Å². The summed E-state index contributed by atoms with van der Waals surface area (Å²) in [4.78, 5) is 28.3. The van der Waals surface area contributed by atoms with Crippen molar-refractivity contribution in [3.05, 3.63) is 135 Å². The number of hydrogen-bond acceptors (Lipinski definition) is 6. The second-order valence-electron chi connectivity index (χ2n) is 11.5. The number of allylic oxidation sites excluding steroid dienone is 2. The molecule has 2 aliphatic heterocycles. The highest BCUT2D eigenvalue weighted by molar-refractivity contribution is 6.42. The molecule has 9 heteroatoms. The number of aromatic nitrogens is 2. The van der Waals surface area contributed by atoms with Crippen LogP contribution < -0.4 is 14.8 Å². The van der Waals surface area contributed by atoms with Crippen LogP contribution in [-0.4, -0.2) is 21.6 Å². The Labute approximate surface area is 277 Å². The first kappa shape index (κ1) is 29.7. The Balaban J connectivity index is 1.51. The number of carbonyl (C=O) groups is 1. The first-order valence-corrected chi connectivity index (χ1v) is 15.7. The summed E-state index contributed by atoms with van der Waals surface area (Å²) in [7, 11) is 0. The van der Waals surface area contributed by atoms with Crippen LogP contribution in [0.2, 0.25) is 10.0 Å². The largest absolute Gasteiger partial charge is 0.280 e. The number of nitrogens with zero attached hydrogens (tertiary/aromatic N) is 6. The highest BCUT2D eigenvalue weighted by Gasteiger charge is 2.39. The van der Waals surface area contributed by atoms with E-state index in [1.54, 1.807) is 12.1 Å². The first-order valence-electron chi connectivity index (χ1n) is 14.9. The molecule has 0 spiro atoms. The van der Waals surface area contributed by atoms with E-state index < -0.39 is 0 Å². The van der Waals surface area contributed by atoms with Gasteiger partial charge < -0.3 is 0 Å². The molecule has 3 heterocycles. The van der Waals surface area contributed by atoms with Crippen LogP contribution in [0, 0.1) is 27.7 Å². The summed E-state index contributed by atoms with van der Waals surface area (Å²) < 4.78 is 0. The summed E-state index contributed by atoms with van der Waals surface area (Å²) in [6, 6.07) is 25.4. The molecule has 46 heavy (non-hydrogen) atoms. The van der Waals surface area contributed by atoms with Gasteiger partial charge in [-0.1, -0.05) is 77.8 Å². The molecule has 0 radical (unpaired) electrons. The molecule has 2 aliphatic rings. The zero-order valence-corrected chi connectivity index (χ0v) is 27.5. The lowest BCUT2D eigenvalue weighted by Crippen LogP contribution is -2.24. The molecule has 228 valence electrons. The molecule has 0 atom stereocenters. The number of hydrogen-bond donors (Lipinski definition) is 0. The third-order valence-electron chi connectivity index (χ3n) is 8.34. The quantitative estimate of drug-likeness (QED) is 0.182. The van der Waals surface area contributed by atoms with E-state index >= 15 is 0 Å². The number of anilines is 5. The Kier molecular flexibility index (Phi) is 7.38. The van der Waals surface area contributed by atoms with Gasteiger partial charge in [0.05, 0.1) is 49.4 Å². The van der Waals surface area contributed by atoms with Crippen LogP contribution in [0.15, 0.2) is 108 Å². The van der Waals surface area contributed by atoms with Crippen LogP contribution in [0.5, 0.6) is 0 Å². The number of carbonyl (C=O) groups excluding carboxylic acids is 1. The van der Waals surface area contributed by atoms with E-state index in [2.05, 4.69) is 66.9 Å². The van der Waals surface area contributed by atoms with Crippen LogP contribution in [0.3, 0.4) is 0 Å². The van der Waals surface area contributed by atoms with Crippen molar-refractivity contribution in [2.75, 3.05) is 14.8 Å². The van der Waals surface area contributed by atoms with Gasteiger partial charge in [0.25, 0.3) is 5.91 Å². The third kappa shape index (κ3) is 4.83. The van der Waals surface area contributed by atoms with Gasteiger partial charge in [-0.2, -0.15) is 10.1 Å². The van der Waals surface area contributed by atoms with E-state index in [1.165, 1.54) is 5.01 Å². The van der Waals surface area contributed by atoms with E-state index in [4.69, 9.17) is 33.2 Å². The van der Waals surface area contributed by atoms with Gasteiger partial charge in [-0.3, -0.25) is 14.6 Å². The predicted octanol–water partition coefficient (Wildman–Crippen LogP) is 9.65. The number of fused-ring (bicyclic) bond motifs is 2. The molecule has 5 aromatic rings. The number of rotatable bonds is 4. The molecular formula is C37H30Cl2N6O. The summed E-state index contributed by atoms with van der Waals surface area (Å²) in [6.45, 7) is 10.2. The molecule has 0 bridgehead atoms.